The van der Waals surface area contributed by atoms with Crippen molar-refractivity contribution in [2.45, 2.75) is 6.92 Å². The van der Waals surface area contributed by atoms with Crippen molar-refractivity contribution in [3.8, 4) is 0 Å². The number of carbonyl (C=O) groups excluding carboxylic acids is 1. The van der Waals surface area contributed by atoms with E-state index in [9.17, 15) is 4.79 Å². The number of carbonyl (C=O) groups is 1. The predicted molar refractivity (Wildman–Crippen MR) is 65.9 cm³/mol. The highest BCUT2D eigenvalue weighted by Crippen LogP contribution is 2.15. The topological polar surface area (TPSA) is 54.0 Å². The number of benzene rings is 1. The number of urea groups is 1. The second-order valence-electron chi connectivity index (χ2n) is 3.28. The molecule has 0 aliphatic carbocycles. The molecule has 0 atom stereocenters. The van der Waals surface area contributed by atoms with Crippen LogP contribution in [0, 0.1) is 6.92 Å². The molecule has 1 heterocycles. The van der Waals surface area contributed by atoms with Gasteiger partial charge < -0.3 is 5.32 Å². The van der Waals surface area contributed by atoms with E-state index in [1.165, 1.54) is 11.5 Å². The molecule has 5 heteroatoms. The minimum atomic E-state index is -0.255. The maximum absolute atomic E-state index is 11.5. The van der Waals surface area contributed by atoms with E-state index in [4.69, 9.17) is 0 Å². The lowest BCUT2D eigenvalue weighted by Gasteiger charge is -2.04. The fourth-order valence-electron chi connectivity index (χ4n) is 1.22. The Labute approximate surface area is 97.5 Å². The molecular weight excluding hydrogens is 222 g/mol. The third-order valence-corrected chi connectivity index (χ3v) is 2.69. The van der Waals surface area contributed by atoms with E-state index in [0.717, 1.165) is 16.4 Å². The maximum atomic E-state index is 11.5. The Morgan fingerprint density at radius 3 is 2.62 bits per heavy atom. The average Bonchev–Trinajstić information content (AvgIpc) is 2.65. The molecule has 1 aromatic carbocycles. The normalized spacial score (nSPS) is 9.81. The predicted octanol–water partition coefficient (Wildman–Crippen LogP) is 3.10. The summed E-state index contributed by atoms with van der Waals surface area (Å²) in [6.45, 7) is 1.89. The van der Waals surface area contributed by atoms with Crippen LogP contribution in [0.5, 0.6) is 0 Å². The lowest BCUT2D eigenvalue weighted by atomic mass is 10.3. The van der Waals surface area contributed by atoms with Crippen molar-refractivity contribution in [3.63, 3.8) is 0 Å². The first-order valence-corrected chi connectivity index (χ1v) is 5.58. The summed E-state index contributed by atoms with van der Waals surface area (Å²) in [5.74, 6) is 0. The van der Waals surface area contributed by atoms with Crippen molar-refractivity contribution < 1.29 is 4.79 Å². The number of rotatable bonds is 2. The number of anilines is 2. The quantitative estimate of drug-likeness (QED) is 0.837. The van der Waals surface area contributed by atoms with Gasteiger partial charge in [0.2, 0.25) is 0 Å². The number of aryl methyl sites for hydroxylation is 1. The summed E-state index contributed by atoms with van der Waals surface area (Å²) < 4.78 is 4.08. The second-order valence-corrected chi connectivity index (χ2v) is 4.08. The van der Waals surface area contributed by atoms with Gasteiger partial charge in [-0.05, 0) is 36.7 Å². The van der Waals surface area contributed by atoms with Gasteiger partial charge in [-0.2, -0.15) is 4.37 Å². The van der Waals surface area contributed by atoms with Crippen molar-refractivity contribution in [2.75, 3.05) is 10.6 Å². The van der Waals surface area contributed by atoms with E-state index in [2.05, 4.69) is 15.0 Å². The van der Waals surface area contributed by atoms with Crippen LogP contribution in [0.15, 0.2) is 36.4 Å². The van der Waals surface area contributed by atoms with Gasteiger partial charge in [-0.3, -0.25) is 5.32 Å². The highest BCUT2D eigenvalue weighted by Gasteiger charge is 2.04. The molecule has 4 nitrogen and oxygen atoms in total. The molecule has 2 amide bonds. The zero-order chi connectivity index (χ0) is 11.4. The highest BCUT2D eigenvalue weighted by molar-refractivity contribution is 7.10. The van der Waals surface area contributed by atoms with Gasteiger partial charge in [0, 0.05) is 5.69 Å². The molecule has 0 spiro atoms. The van der Waals surface area contributed by atoms with E-state index < -0.39 is 0 Å². The van der Waals surface area contributed by atoms with Gasteiger partial charge >= 0.3 is 6.03 Å². The van der Waals surface area contributed by atoms with Gasteiger partial charge in [-0.15, -0.1) is 0 Å². The fourth-order valence-corrected chi connectivity index (χ4v) is 1.87. The molecule has 0 saturated heterocycles. The van der Waals surface area contributed by atoms with Crippen molar-refractivity contribution in [2.24, 2.45) is 0 Å². The zero-order valence-corrected chi connectivity index (χ0v) is 9.54. The van der Waals surface area contributed by atoms with Crippen LogP contribution < -0.4 is 10.6 Å². The zero-order valence-electron chi connectivity index (χ0n) is 8.73. The summed E-state index contributed by atoms with van der Waals surface area (Å²) in [4.78, 5) is 11.5. The molecule has 82 valence electrons. The van der Waals surface area contributed by atoms with E-state index >= 15 is 0 Å². The van der Waals surface area contributed by atoms with E-state index in [-0.39, 0.29) is 6.03 Å². The van der Waals surface area contributed by atoms with Gasteiger partial charge in [0.05, 0.1) is 5.69 Å². The number of nitrogens with zero attached hydrogens (tertiary/aromatic N) is 1. The van der Waals surface area contributed by atoms with Gasteiger partial charge in [0.1, 0.15) is 5.00 Å². The van der Waals surface area contributed by atoms with E-state index in [1.807, 2.05) is 43.3 Å². The summed E-state index contributed by atoms with van der Waals surface area (Å²) in [5, 5.41) is 6.19. The van der Waals surface area contributed by atoms with Crippen LogP contribution in [0.4, 0.5) is 15.5 Å². The summed E-state index contributed by atoms with van der Waals surface area (Å²) in [6.07, 6.45) is 0. The number of aromatic nitrogens is 1. The van der Waals surface area contributed by atoms with Crippen LogP contribution in [-0.2, 0) is 0 Å². The van der Waals surface area contributed by atoms with Gasteiger partial charge in [-0.1, -0.05) is 18.2 Å². The molecule has 0 bridgehead atoms. The summed E-state index contributed by atoms with van der Waals surface area (Å²) in [5.41, 5.74) is 1.67. The van der Waals surface area contributed by atoms with Gasteiger partial charge in [0.15, 0.2) is 0 Å². The second kappa shape index (κ2) is 4.76. The standard InChI is InChI=1S/C11H11N3OS/c1-8-7-10(16-14-8)13-11(15)12-9-5-3-2-4-6-9/h2-7H,1H3,(H2,12,13,15). The van der Waals surface area contributed by atoms with Crippen LogP contribution in [0.25, 0.3) is 0 Å². The molecule has 1 aromatic heterocycles. The van der Waals surface area contributed by atoms with E-state index in [0.29, 0.717) is 0 Å². The molecule has 0 unspecified atom stereocenters. The molecule has 2 rings (SSSR count). The number of nitrogens with one attached hydrogen (secondary N) is 2. The smallest absolute Gasteiger partial charge is 0.308 e. The van der Waals surface area contributed by atoms with Crippen molar-refractivity contribution in [1.82, 2.24) is 4.37 Å². The molecule has 0 aliphatic heterocycles. The third kappa shape index (κ3) is 2.80. The molecule has 0 saturated carbocycles. The maximum Gasteiger partial charge on any atom is 0.324 e. The fraction of sp³-hybridized carbons (Fsp3) is 0.0909. The molecule has 0 radical (unpaired) electrons. The molecule has 2 N–H and O–H groups in total. The minimum absolute atomic E-state index is 0.255. The lowest BCUT2D eigenvalue weighted by molar-refractivity contribution is 0.262. The highest BCUT2D eigenvalue weighted by atomic mass is 32.1. The Balaban J connectivity index is 1.95. The average molecular weight is 233 g/mol. The van der Waals surface area contributed by atoms with Crippen LogP contribution in [0.2, 0.25) is 0 Å². The van der Waals surface area contributed by atoms with Crippen molar-refractivity contribution in [1.29, 1.82) is 0 Å². The Hall–Kier alpha value is -1.88. The Kier molecular flexibility index (Phi) is 3.16. The first-order chi connectivity index (χ1) is 7.74. The van der Waals surface area contributed by atoms with Gasteiger partial charge in [0.25, 0.3) is 0 Å². The van der Waals surface area contributed by atoms with Gasteiger partial charge in [-0.25, -0.2) is 4.79 Å². The van der Waals surface area contributed by atoms with Crippen LogP contribution in [-0.4, -0.2) is 10.4 Å². The minimum Gasteiger partial charge on any atom is -0.308 e. The molecule has 16 heavy (non-hydrogen) atoms. The molecular formula is C11H11N3OS. The first kappa shape index (κ1) is 10.6. The lowest BCUT2D eigenvalue weighted by Crippen LogP contribution is -2.18. The van der Waals surface area contributed by atoms with Crippen molar-refractivity contribution >= 4 is 28.3 Å². The third-order valence-electron chi connectivity index (χ3n) is 1.90. The van der Waals surface area contributed by atoms with Crippen LogP contribution in [0.1, 0.15) is 5.69 Å². The monoisotopic (exact) mass is 233 g/mol. The van der Waals surface area contributed by atoms with Crippen molar-refractivity contribution in [3.05, 3.63) is 42.1 Å². The Bertz CT molecular complexity index is 481. The first-order valence-electron chi connectivity index (χ1n) is 4.80. The number of hydrogen-bond donors (Lipinski definition) is 2. The SMILES string of the molecule is Cc1cc(NC(=O)Nc2ccccc2)sn1. The Morgan fingerprint density at radius 2 is 2.00 bits per heavy atom. The molecule has 2 aromatic rings. The number of hydrogen-bond acceptors (Lipinski definition) is 3. The molecule has 0 aliphatic rings. The Morgan fingerprint density at radius 1 is 1.25 bits per heavy atom. The molecule has 0 fully saturated rings. The van der Waals surface area contributed by atoms with Crippen LogP contribution in [0.3, 0.4) is 0 Å². The summed E-state index contributed by atoms with van der Waals surface area (Å²) in [7, 11) is 0. The van der Waals surface area contributed by atoms with Crippen LogP contribution >= 0.6 is 11.5 Å². The number of amides is 2. The number of para-hydroxylation sites is 1. The summed E-state index contributed by atoms with van der Waals surface area (Å²) >= 11 is 1.27. The van der Waals surface area contributed by atoms with E-state index in [1.54, 1.807) is 0 Å². The summed E-state index contributed by atoms with van der Waals surface area (Å²) in [6, 6.07) is 10.9. The largest absolute Gasteiger partial charge is 0.324 e.